The number of carbonyl (C=O) groups is 1. The lowest BCUT2D eigenvalue weighted by molar-refractivity contribution is -0.110. The van der Waals surface area contributed by atoms with Gasteiger partial charge in [0.25, 0.3) is 0 Å². The maximum absolute atomic E-state index is 8.92. The second-order valence-corrected chi connectivity index (χ2v) is 2.91. The number of aliphatic hydroxyl groups is 1. The van der Waals surface area contributed by atoms with E-state index in [-0.39, 0.29) is 6.61 Å². The van der Waals surface area contributed by atoms with Gasteiger partial charge in [0.1, 0.15) is 6.29 Å². The monoisotopic (exact) mass is 220 g/mol. The first-order valence-corrected chi connectivity index (χ1v) is 5.30. The molecule has 0 unspecified atom stereocenters. The second-order valence-electron chi connectivity index (χ2n) is 2.91. The largest absolute Gasteiger partial charge is 0.389 e. The van der Waals surface area contributed by atoms with Crippen molar-refractivity contribution in [1.29, 1.82) is 0 Å². The zero-order valence-electron chi connectivity index (χ0n) is 9.58. The van der Waals surface area contributed by atoms with Gasteiger partial charge in [0.15, 0.2) is 0 Å². The summed E-state index contributed by atoms with van der Waals surface area (Å²) in [4.78, 5) is 8.92. The summed E-state index contributed by atoms with van der Waals surface area (Å²) in [5.74, 6) is 0. The van der Waals surface area contributed by atoms with Crippen LogP contribution in [0.1, 0.15) is 19.3 Å². The van der Waals surface area contributed by atoms with E-state index < -0.39 is 0 Å². The fourth-order valence-electron chi connectivity index (χ4n) is 0.802. The number of likely N-dealkylation sites (N-methyl/N-ethyl adjacent to an activating group) is 1. The molecule has 0 heterocycles. The Bertz CT molecular complexity index is 105. The third-order valence-electron chi connectivity index (χ3n) is 1.56. The molecule has 5 heteroatoms. The van der Waals surface area contributed by atoms with Gasteiger partial charge in [0.2, 0.25) is 0 Å². The van der Waals surface area contributed by atoms with E-state index in [1.54, 1.807) is 0 Å². The molecule has 0 aromatic heterocycles. The van der Waals surface area contributed by atoms with Gasteiger partial charge < -0.3 is 25.7 Å². The summed E-state index contributed by atoms with van der Waals surface area (Å²) in [5.41, 5.74) is 5.34. The van der Waals surface area contributed by atoms with Gasteiger partial charge in [-0.3, -0.25) is 0 Å². The highest BCUT2D eigenvalue weighted by molar-refractivity contribution is 5.49. The quantitative estimate of drug-likeness (QED) is 0.361. The smallest absolute Gasteiger partial charge is 0.145 e. The molecule has 0 spiro atoms. The van der Waals surface area contributed by atoms with Crippen molar-refractivity contribution < 1.29 is 14.6 Å². The van der Waals surface area contributed by atoms with E-state index in [0.29, 0.717) is 6.29 Å². The van der Waals surface area contributed by atoms with Crippen molar-refractivity contribution in [3.8, 4) is 0 Å². The van der Waals surface area contributed by atoms with Crippen molar-refractivity contribution in [2.75, 3.05) is 40.0 Å². The van der Waals surface area contributed by atoms with Crippen LogP contribution in [0.5, 0.6) is 0 Å². The predicted molar refractivity (Wildman–Crippen MR) is 60.8 cm³/mol. The third-order valence-corrected chi connectivity index (χ3v) is 1.56. The maximum atomic E-state index is 8.92. The lowest BCUT2D eigenvalue weighted by Crippen LogP contribution is -2.14. The Morgan fingerprint density at radius 2 is 2.00 bits per heavy atom. The first-order valence-electron chi connectivity index (χ1n) is 5.30. The number of nitrogens with one attached hydrogen (secondary N) is 1. The van der Waals surface area contributed by atoms with Crippen molar-refractivity contribution in [3.63, 3.8) is 0 Å². The van der Waals surface area contributed by atoms with Crippen LogP contribution in [0.4, 0.5) is 0 Å². The summed E-state index contributed by atoms with van der Waals surface area (Å²) in [7, 11) is 1.93. The summed E-state index contributed by atoms with van der Waals surface area (Å²) in [6.07, 6.45) is 3.88. The molecule has 92 valence electrons. The van der Waals surface area contributed by atoms with Crippen LogP contribution in [-0.4, -0.2) is 51.4 Å². The second kappa shape index (κ2) is 19.1. The van der Waals surface area contributed by atoms with Crippen LogP contribution in [-0.2, 0) is 9.53 Å². The molecule has 0 fully saturated rings. The zero-order chi connectivity index (χ0) is 11.8. The number of aliphatic hydroxyl groups excluding tert-OH is 1. The van der Waals surface area contributed by atoms with E-state index in [1.807, 2.05) is 7.05 Å². The molecule has 0 aromatic rings. The maximum Gasteiger partial charge on any atom is 0.145 e. The molecule has 0 rings (SSSR count). The van der Waals surface area contributed by atoms with E-state index in [9.17, 15) is 0 Å². The first-order chi connectivity index (χ1) is 7.33. The molecule has 0 saturated carbocycles. The minimum absolute atomic E-state index is 0.361. The average molecular weight is 220 g/mol. The number of rotatable bonds is 9. The Morgan fingerprint density at radius 1 is 1.33 bits per heavy atom. The molecular formula is C10H24N2O3. The van der Waals surface area contributed by atoms with E-state index in [0.717, 1.165) is 39.1 Å². The SMILES string of the molecule is CNCCOCCCCCN.O=CCO. The number of hydrogen-bond acceptors (Lipinski definition) is 5. The number of carbonyl (C=O) groups excluding carboxylic acids is 1. The van der Waals surface area contributed by atoms with Gasteiger partial charge >= 0.3 is 0 Å². The molecule has 0 aliphatic rings. The van der Waals surface area contributed by atoms with Gasteiger partial charge in [-0.15, -0.1) is 0 Å². The Kier molecular flexibility index (Phi) is 21.6. The predicted octanol–water partition coefficient (Wildman–Crippen LogP) is -0.471. The van der Waals surface area contributed by atoms with Crippen molar-refractivity contribution >= 4 is 6.29 Å². The molecule has 5 nitrogen and oxygen atoms in total. The van der Waals surface area contributed by atoms with Gasteiger partial charge in [-0.1, -0.05) is 0 Å². The number of ether oxygens (including phenoxy) is 1. The van der Waals surface area contributed by atoms with Crippen molar-refractivity contribution in [1.82, 2.24) is 5.32 Å². The normalized spacial score (nSPS) is 9.27. The standard InChI is InChI=1S/C8H20N2O.C2H4O2/c1-10-6-8-11-7-4-2-3-5-9;3-1-2-4/h10H,2-9H2,1H3;1,4H,2H2. The van der Waals surface area contributed by atoms with Crippen molar-refractivity contribution in [3.05, 3.63) is 0 Å². The Labute approximate surface area is 92.0 Å². The fraction of sp³-hybridized carbons (Fsp3) is 0.900. The Morgan fingerprint density at radius 3 is 2.47 bits per heavy atom. The Balaban J connectivity index is 0. The van der Waals surface area contributed by atoms with Crippen LogP contribution in [0.25, 0.3) is 0 Å². The molecule has 0 aliphatic heterocycles. The van der Waals surface area contributed by atoms with E-state index in [4.69, 9.17) is 20.4 Å². The minimum atomic E-state index is -0.361. The lowest BCUT2D eigenvalue weighted by Gasteiger charge is -2.02. The van der Waals surface area contributed by atoms with Gasteiger partial charge in [0.05, 0.1) is 13.2 Å². The molecular weight excluding hydrogens is 196 g/mol. The molecule has 15 heavy (non-hydrogen) atoms. The molecule has 0 aliphatic carbocycles. The molecule has 0 radical (unpaired) electrons. The number of nitrogens with two attached hydrogens (primary N) is 1. The van der Waals surface area contributed by atoms with Crippen LogP contribution in [0, 0.1) is 0 Å². The summed E-state index contributed by atoms with van der Waals surface area (Å²) in [6.45, 7) is 3.08. The van der Waals surface area contributed by atoms with E-state index in [1.165, 1.54) is 6.42 Å². The van der Waals surface area contributed by atoms with E-state index in [2.05, 4.69) is 5.32 Å². The van der Waals surface area contributed by atoms with Crippen molar-refractivity contribution in [2.45, 2.75) is 19.3 Å². The molecule has 0 bridgehead atoms. The summed E-state index contributed by atoms with van der Waals surface area (Å²) in [5, 5.41) is 10.5. The lowest BCUT2D eigenvalue weighted by atomic mass is 10.2. The van der Waals surface area contributed by atoms with Gasteiger partial charge in [-0.05, 0) is 32.9 Å². The van der Waals surface area contributed by atoms with Gasteiger partial charge in [0, 0.05) is 13.2 Å². The van der Waals surface area contributed by atoms with Gasteiger partial charge in [-0.25, -0.2) is 0 Å². The van der Waals surface area contributed by atoms with E-state index >= 15 is 0 Å². The summed E-state index contributed by atoms with van der Waals surface area (Å²) < 4.78 is 5.32. The van der Waals surface area contributed by atoms with Gasteiger partial charge in [-0.2, -0.15) is 0 Å². The number of unbranched alkanes of at least 4 members (excludes halogenated alkanes) is 2. The highest BCUT2D eigenvalue weighted by atomic mass is 16.5. The number of aldehydes is 1. The summed E-state index contributed by atoms with van der Waals surface area (Å²) in [6, 6.07) is 0. The zero-order valence-corrected chi connectivity index (χ0v) is 9.58. The molecule has 0 amide bonds. The molecule has 0 aromatic carbocycles. The highest BCUT2D eigenvalue weighted by Gasteiger charge is 1.87. The topological polar surface area (TPSA) is 84.6 Å². The minimum Gasteiger partial charge on any atom is -0.389 e. The van der Waals surface area contributed by atoms with Crippen molar-refractivity contribution in [2.24, 2.45) is 5.73 Å². The van der Waals surface area contributed by atoms with Crippen LogP contribution in [0.3, 0.4) is 0 Å². The molecule has 4 N–H and O–H groups in total. The Hall–Kier alpha value is -0.490. The van der Waals surface area contributed by atoms with Crippen LogP contribution < -0.4 is 11.1 Å². The number of hydrogen-bond donors (Lipinski definition) is 3. The third kappa shape index (κ3) is 24.7. The summed E-state index contributed by atoms with van der Waals surface area (Å²) >= 11 is 0. The highest BCUT2D eigenvalue weighted by Crippen LogP contribution is 1.93. The van der Waals surface area contributed by atoms with Crippen LogP contribution in [0.15, 0.2) is 0 Å². The molecule has 0 atom stereocenters. The first kappa shape index (κ1) is 16.9. The molecule has 0 saturated heterocycles. The van der Waals surface area contributed by atoms with Crippen LogP contribution in [0.2, 0.25) is 0 Å². The van der Waals surface area contributed by atoms with Crippen LogP contribution >= 0.6 is 0 Å². The average Bonchev–Trinajstić information content (AvgIpc) is 2.28. The fourth-order valence-corrected chi connectivity index (χ4v) is 0.802.